The predicted octanol–water partition coefficient (Wildman–Crippen LogP) is 3.52. The number of likely N-dealkylation sites (N-methyl/N-ethyl adjacent to an activating group) is 1. The van der Waals surface area contributed by atoms with Gasteiger partial charge in [0.05, 0.1) is 36.7 Å². The number of carbonyl (C=O) groups is 2. The van der Waals surface area contributed by atoms with E-state index in [0.717, 1.165) is 0 Å². The van der Waals surface area contributed by atoms with Gasteiger partial charge < -0.3 is 39.2 Å². The monoisotopic (exact) mass is 676 g/mol. The average molecular weight is 677 g/mol. The number of ether oxygens (including phenoxy) is 5. The number of hydrogen-bond donors (Lipinski definition) is 3. The fourth-order valence-corrected chi connectivity index (χ4v) is 12.4. The summed E-state index contributed by atoms with van der Waals surface area (Å²) in [6.07, 6.45) is 1.72. The van der Waals surface area contributed by atoms with E-state index in [2.05, 4.69) is 17.1 Å². The standard InChI is InChI=1S/C38H48N2O9/c1-6-40-20-35(49-34(42)23-9-7-8-10-26(23)39-33(41)21-11-13-22(45-2)14-12-21)16-15-30(47-4)37-28(35)18-25(31(37)40)36(43)19-27(46-3)24-17-29(37)38(36,44)32(24)48-5/h7-14,24-25,27-32,43-44H,6,15-20H2,1-5H3,(H,39,41)/t24-,25+,27+,28-,29+,30+,31?,32+,35-,36+,37+,38+/m1/s1. The summed E-state index contributed by atoms with van der Waals surface area (Å²) in [5.74, 6) is -1.14. The van der Waals surface area contributed by atoms with Crippen LogP contribution in [0.1, 0.15) is 59.7 Å². The molecule has 1 heterocycles. The molecule has 11 heteroatoms. The van der Waals surface area contributed by atoms with Crippen LogP contribution in [-0.4, -0.2) is 110 Å². The molecule has 6 aliphatic rings. The number of benzene rings is 2. The average Bonchev–Trinajstić information content (AvgIpc) is 3.54. The maximum Gasteiger partial charge on any atom is 0.340 e. The summed E-state index contributed by atoms with van der Waals surface area (Å²) in [5.41, 5.74) is -3.39. The highest BCUT2D eigenvalue weighted by Crippen LogP contribution is 2.79. The number of carbonyl (C=O) groups excluding carboxylic acids is 2. The Bertz CT molecular complexity index is 1640. The third-order valence-electron chi connectivity index (χ3n) is 13.9. The fraction of sp³-hybridized carbons (Fsp3) is 0.632. The summed E-state index contributed by atoms with van der Waals surface area (Å²) in [6, 6.07) is 13.6. The Morgan fingerprint density at radius 2 is 1.71 bits per heavy atom. The maximum absolute atomic E-state index is 14.4. The molecule has 1 unspecified atom stereocenters. The molecule has 5 saturated carbocycles. The maximum atomic E-state index is 14.4. The predicted molar refractivity (Wildman–Crippen MR) is 178 cm³/mol. The number of fused-ring (bicyclic) bond motifs is 2. The van der Waals surface area contributed by atoms with E-state index < -0.39 is 34.3 Å². The van der Waals surface area contributed by atoms with E-state index in [1.165, 1.54) is 0 Å². The molecule has 1 aliphatic heterocycles. The van der Waals surface area contributed by atoms with Crippen molar-refractivity contribution < 1.29 is 43.5 Å². The second kappa shape index (κ2) is 11.5. The zero-order valence-corrected chi connectivity index (χ0v) is 28.9. The van der Waals surface area contributed by atoms with Gasteiger partial charge in [0, 0.05) is 75.0 Å². The second-order valence-electron chi connectivity index (χ2n) is 15.2. The summed E-state index contributed by atoms with van der Waals surface area (Å²) in [6.45, 7) is 3.32. The van der Waals surface area contributed by atoms with Crippen LogP contribution in [0.25, 0.3) is 0 Å². The van der Waals surface area contributed by atoms with E-state index in [1.54, 1.807) is 77.0 Å². The minimum Gasteiger partial charge on any atom is -0.497 e. The number of likely N-dealkylation sites (tertiary alicyclic amines) is 1. The summed E-state index contributed by atoms with van der Waals surface area (Å²) in [4.78, 5) is 30.1. The molecule has 2 aromatic rings. The van der Waals surface area contributed by atoms with Crippen LogP contribution in [0.5, 0.6) is 5.75 Å². The first-order chi connectivity index (χ1) is 23.6. The smallest absolute Gasteiger partial charge is 0.340 e. The van der Waals surface area contributed by atoms with Crippen LogP contribution in [0.4, 0.5) is 5.69 Å². The quantitative estimate of drug-likeness (QED) is 0.339. The van der Waals surface area contributed by atoms with E-state index in [1.807, 2.05) is 0 Å². The highest BCUT2D eigenvalue weighted by molar-refractivity contribution is 6.08. The van der Waals surface area contributed by atoms with E-state index >= 15 is 0 Å². The minimum absolute atomic E-state index is 0.0715. The van der Waals surface area contributed by atoms with Crippen LogP contribution >= 0.6 is 0 Å². The molecule has 2 aromatic carbocycles. The number of hydrogen-bond acceptors (Lipinski definition) is 10. The number of methoxy groups -OCH3 is 4. The van der Waals surface area contributed by atoms with Crippen molar-refractivity contribution in [2.75, 3.05) is 46.8 Å². The molecule has 1 saturated heterocycles. The third-order valence-corrected chi connectivity index (χ3v) is 13.9. The van der Waals surface area contributed by atoms with Crippen molar-refractivity contribution in [3.8, 4) is 5.75 Å². The first-order valence-corrected chi connectivity index (χ1v) is 17.6. The van der Waals surface area contributed by atoms with Gasteiger partial charge in [0.25, 0.3) is 5.91 Å². The Balaban J connectivity index is 1.18. The van der Waals surface area contributed by atoms with Gasteiger partial charge in [-0.2, -0.15) is 0 Å². The number of para-hydroxylation sites is 1. The van der Waals surface area contributed by atoms with Gasteiger partial charge >= 0.3 is 5.97 Å². The molecule has 5 aliphatic carbocycles. The molecular weight excluding hydrogens is 628 g/mol. The van der Waals surface area contributed by atoms with Crippen molar-refractivity contribution in [1.29, 1.82) is 0 Å². The Morgan fingerprint density at radius 3 is 2.39 bits per heavy atom. The lowest BCUT2D eigenvalue weighted by atomic mass is 9.44. The van der Waals surface area contributed by atoms with Crippen LogP contribution in [-0.2, 0) is 18.9 Å². The van der Waals surface area contributed by atoms with Gasteiger partial charge in [-0.25, -0.2) is 4.79 Å². The van der Waals surface area contributed by atoms with Crippen molar-refractivity contribution in [3.05, 3.63) is 59.7 Å². The van der Waals surface area contributed by atoms with Crippen LogP contribution in [0.15, 0.2) is 48.5 Å². The number of piperidine rings is 1. The van der Waals surface area contributed by atoms with Crippen LogP contribution in [0.2, 0.25) is 0 Å². The molecule has 7 bridgehead atoms. The number of nitrogens with zero attached hydrogens (tertiary/aromatic N) is 1. The Morgan fingerprint density at radius 1 is 0.959 bits per heavy atom. The highest BCUT2D eigenvalue weighted by atomic mass is 16.6. The molecular formula is C38H48N2O9. The zero-order valence-electron chi connectivity index (χ0n) is 28.9. The molecule has 0 aromatic heterocycles. The number of aliphatic hydroxyl groups is 2. The zero-order chi connectivity index (χ0) is 34.5. The molecule has 8 rings (SSSR count). The van der Waals surface area contributed by atoms with E-state index in [-0.39, 0.29) is 53.4 Å². The second-order valence-corrected chi connectivity index (χ2v) is 15.2. The van der Waals surface area contributed by atoms with Crippen molar-refractivity contribution in [2.24, 2.45) is 29.1 Å². The molecule has 0 radical (unpaired) electrons. The van der Waals surface area contributed by atoms with Gasteiger partial charge in [-0.05, 0) is 68.6 Å². The van der Waals surface area contributed by atoms with Gasteiger partial charge in [0.1, 0.15) is 22.6 Å². The minimum atomic E-state index is -1.50. The summed E-state index contributed by atoms with van der Waals surface area (Å²) in [5, 5.41) is 28.8. The number of amides is 1. The molecule has 12 atom stereocenters. The van der Waals surface area contributed by atoms with Crippen molar-refractivity contribution in [2.45, 2.75) is 80.2 Å². The van der Waals surface area contributed by atoms with Gasteiger partial charge in [0.15, 0.2) is 0 Å². The largest absolute Gasteiger partial charge is 0.497 e. The third kappa shape index (κ3) is 4.11. The first kappa shape index (κ1) is 33.1. The van der Waals surface area contributed by atoms with E-state index in [4.69, 9.17) is 23.7 Å². The molecule has 49 heavy (non-hydrogen) atoms. The number of anilines is 1. The van der Waals surface area contributed by atoms with E-state index in [0.29, 0.717) is 62.2 Å². The molecule has 264 valence electrons. The van der Waals surface area contributed by atoms with Gasteiger partial charge in [-0.1, -0.05) is 19.1 Å². The van der Waals surface area contributed by atoms with Gasteiger partial charge in [0.2, 0.25) is 0 Å². The Hall–Kier alpha value is -3.06. The highest BCUT2D eigenvalue weighted by Gasteiger charge is 2.89. The van der Waals surface area contributed by atoms with Crippen LogP contribution < -0.4 is 10.1 Å². The lowest BCUT2D eigenvalue weighted by Crippen LogP contribution is -2.83. The Labute approximate surface area is 287 Å². The van der Waals surface area contributed by atoms with Crippen LogP contribution in [0.3, 0.4) is 0 Å². The summed E-state index contributed by atoms with van der Waals surface area (Å²) < 4.78 is 30.5. The molecule has 3 N–H and O–H groups in total. The SMILES string of the molecule is CCN1C[C@]2(OC(=O)c3ccccc3NC(=O)c3ccc(OC)cc3)CC[C@H](OC)[C@]34C1[C@H](C[C@H]23)[C@@]1(O)C[C@H](OC)[C@H]2C[C@@H]4[C@]1(O)[C@H]2OC. The van der Waals surface area contributed by atoms with E-state index in [9.17, 15) is 19.8 Å². The lowest BCUT2D eigenvalue weighted by molar-refractivity contribution is -0.337. The number of rotatable bonds is 9. The topological polar surface area (TPSA) is 136 Å². The van der Waals surface area contributed by atoms with Crippen molar-refractivity contribution >= 4 is 17.6 Å². The molecule has 11 nitrogen and oxygen atoms in total. The normalized spacial score (nSPS) is 42.8. The fourth-order valence-electron chi connectivity index (χ4n) is 12.4. The Kier molecular flexibility index (Phi) is 7.76. The molecule has 1 spiro atoms. The molecule has 1 amide bonds. The lowest BCUT2D eigenvalue weighted by Gasteiger charge is -2.70. The first-order valence-electron chi connectivity index (χ1n) is 17.6. The van der Waals surface area contributed by atoms with Crippen LogP contribution in [0, 0.1) is 29.1 Å². The van der Waals surface area contributed by atoms with Gasteiger partial charge in [-0.3, -0.25) is 9.69 Å². The number of esters is 1. The number of nitrogens with one attached hydrogen (secondary N) is 1. The van der Waals surface area contributed by atoms with Gasteiger partial charge in [-0.15, -0.1) is 0 Å². The summed E-state index contributed by atoms with van der Waals surface area (Å²) in [7, 11) is 6.62. The van der Waals surface area contributed by atoms with Crippen molar-refractivity contribution in [3.63, 3.8) is 0 Å². The summed E-state index contributed by atoms with van der Waals surface area (Å²) >= 11 is 0. The molecule has 6 fully saturated rings. The van der Waals surface area contributed by atoms with Crippen molar-refractivity contribution in [1.82, 2.24) is 4.90 Å².